The van der Waals surface area contributed by atoms with Gasteiger partial charge in [0.2, 0.25) is 5.95 Å². The largest absolute Gasteiger partial charge is 0.375 e. The van der Waals surface area contributed by atoms with Gasteiger partial charge >= 0.3 is 0 Å². The van der Waals surface area contributed by atoms with Gasteiger partial charge in [0.1, 0.15) is 0 Å². The lowest BCUT2D eigenvalue weighted by Gasteiger charge is -2.19. The molecule has 0 amide bonds. The predicted octanol–water partition coefficient (Wildman–Crippen LogP) is 3.03. The van der Waals surface area contributed by atoms with E-state index < -0.39 is 0 Å². The minimum Gasteiger partial charge on any atom is -0.375 e. The number of anilines is 2. The van der Waals surface area contributed by atoms with Crippen molar-refractivity contribution in [3.8, 4) is 0 Å². The first kappa shape index (κ1) is 14.3. The van der Waals surface area contributed by atoms with Crippen LogP contribution in [0.2, 0.25) is 0 Å². The van der Waals surface area contributed by atoms with E-state index >= 15 is 0 Å². The standard InChI is InChI=1S/C16H22N4/c1-13-12-14(2)19-16(18-13)17-10-7-11-20(3)15-8-5-4-6-9-15/h4-6,8-9,12H,7,10-11H2,1-3H3,(H,17,18,19). The Morgan fingerprint density at radius 2 is 1.70 bits per heavy atom. The van der Waals surface area contributed by atoms with Gasteiger partial charge in [0.25, 0.3) is 0 Å². The van der Waals surface area contributed by atoms with Gasteiger partial charge in [-0.05, 0) is 38.5 Å². The molecular weight excluding hydrogens is 248 g/mol. The molecule has 4 nitrogen and oxygen atoms in total. The van der Waals surface area contributed by atoms with Crippen molar-refractivity contribution in [2.45, 2.75) is 20.3 Å². The zero-order valence-electron chi connectivity index (χ0n) is 12.4. The van der Waals surface area contributed by atoms with Crippen LogP contribution in [-0.2, 0) is 0 Å². The van der Waals surface area contributed by atoms with Gasteiger partial charge < -0.3 is 10.2 Å². The minimum absolute atomic E-state index is 0.727. The maximum absolute atomic E-state index is 4.37. The molecule has 2 rings (SSSR count). The summed E-state index contributed by atoms with van der Waals surface area (Å²) >= 11 is 0. The third-order valence-corrected chi connectivity index (χ3v) is 3.13. The van der Waals surface area contributed by atoms with Gasteiger partial charge in [0, 0.05) is 37.2 Å². The van der Waals surface area contributed by atoms with Crippen LogP contribution in [0.4, 0.5) is 11.6 Å². The molecule has 0 spiro atoms. The van der Waals surface area contributed by atoms with Crippen molar-refractivity contribution in [2.75, 3.05) is 30.4 Å². The van der Waals surface area contributed by atoms with Crippen LogP contribution in [0.25, 0.3) is 0 Å². The number of aromatic nitrogens is 2. The Hall–Kier alpha value is -2.10. The summed E-state index contributed by atoms with van der Waals surface area (Å²) in [5.41, 5.74) is 3.25. The summed E-state index contributed by atoms with van der Waals surface area (Å²) in [6, 6.07) is 12.4. The number of benzene rings is 1. The van der Waals surface area contributed by atoms with E-state index in [0.717, 1.165) is 36.8 Å². The Kier molecular flexibility index (Phi) is 4.93. The highest BCUT2D eigenvalue weighted by atomic mass is 15.1. The fraction of sp³-hybridized carbons (Fsp3) is 0.375. The number of nitrogens with zero attached hydrogens (tertiary/aromatic N) is 3. The van der Waals surface area contributed by atoms with E-state index in [4.69, 9.17) is 0 Å². The smallest absolute Gasteiger partial charge is 0.223 e. The summed E-state index contributed by atoms with van der Waals surface area (Å²) < 4.78 is 0. The van der Waals surface area contributed by atoms with Crippen molar-refractivity contribution < 1.29 is 0 Å². The van der Waals surface area contributed by atoms with Crippen LogP contribution in [0.3, 0.4) is 0 Å². The van der Waals surface area contributed by atoms with E-state index in [1.54, 1.807) is 0 Å². The molecule has 0 atom stereocenters. The zero-order valence-corrected chi connectivity index (χ0v) is 12.4. The van der Waals surface area contributed by atoms with Gasteiger partial charge in [-0.25, -0.2) is 9.97 Å². The summed E-state index contributed by atoms with van der Waals surface area (Å²) in [4.78, 5) is 11.0. The Labute approximate surface area is 120 Å². The van der Waals surface area contributed by atoms with Gasteiger partial charge in [-0.1, -0.05) is 18.2 Å². The Bertz CT molecular complexity index is 519. The molecule has 0 unspecified atom stereocenters. The third kappa shape index (κ3) is 4.23. The Morgan fingerprint density at radius 1 is 1.05 bits per heavy atom. The van der Waals surface area contributed by atoms with Crippen molar-refractivity contribution in [1.29, 1.82) is 0 Å². The first-order valence-electron chi connectivity index (χ1n) is 6.97. The van der Waals surface area contributed by atoms with Crippen molar-refractivity contribution >= 4 is 11.6 Å². The number of hydrogen-bond donors (Lipinski definition) is 1. The van der Waals surface area contributed by atoms with Crippen molar-refractivity contribution in [2.24, 2.45) is 0 Å². The molecule has 1 heterocycles. The Morgan fingerprint density at radius 3 is 2.35 bits per heavy atom. The molecule has 0 saturated heterocycles. The summed E-state index contributed by atoms with van der Waals surface area (Å²) in [7, 11) is 2.11. The van der Waals surface area contributed by atoms with Gasteiger partial charge in [0.15, 0.2) is 0 Å². The number of hydrogen-bond acceptors (Lipinski definition) is 4. The highest BCUT2D eigenvalue weighted by molar-refractivity contribution is 5.44. The summed E-state index contributed by atoms with van der Waals surface area (Å²) in [5, 5.41) is 3.28. The van der Waals surface area contributed by atoms with E-state index in [9.17, 15) is 0 Å². The van der Waals surface area contributed by atoms with Crippen LogP contribution in [0.5, 0.6) is 0 Å². The van der Waals surface area contributed by atoms with E-state index in [-0.39, 0.29) is 0 Å². The highest BCUT2D eigenvalue weighted by Gasteiger charge is 2.01. The fourth-order valence-electron chi connectivity index (χ4n) is 2.13. The summed E-state index contributed by atoms with van der Waals surface area (Å²) in [6.07, 6.45) is 1.04. The van der Waals surface area contributed by atoms with E-state index in [2.05, 4.69) is 51.5 Å². The topological polar surface area (TPSA) is 41.1 Å². The molecule has 4 heteroatoms. The quantitative estimate of drug-likeness (QED) is 0.819. The van der Waals surface area contributed by atoms with Crippen LogP contribution < -0.4 is 10.2 Å². The lowest BCUT2D eigenvalue weighted by atomic mass is 10.3. The normalized spacial score (nSPS) is 10.3. The molecule has 1 aromatic carbocycles. The molecule has 1 aromatic heterocycles. The predicted molar refractivity (Wildman–Crippen MR) is 84.3 cm³/mol. The average Bonchev–Trinajstić information content (AvgIpc) is 2.43. The van der Waals surface area contributed by atoms with Crippen LogP contribution in [-0.4, -0.2) is 30.1 Å². The maximum atomic E-state index is 4.37. The lowest BCUT2D eigenvalue weighted by Crippen LogP contribution is -2.21. The first-order valence-corrected chi connectivity index (χ1v) is 6.97. The number of nitrogens with one attached hydrogen (secondary N) is 1. The highest BCUT2D eigenvalue weighted by Crippen LogP contribution is 2.11. The molecule has 0 saturated carbocycles. The van der Waals surface area contributed by atoms with Gasteiger partial charge in [-0.15, -0.1) is 0 Å². The van der Waals surface area contributed by atoms with E-state index in [1.807, 2.05) is 26.0 Å². The molecular formula is C16H22N4. The molecule has 20 heavy (non-hydrogen) atoms. The zero-order chi connectivity index (χ0) is 14.4. The van der Waals surface area contributed by atoms with Gasteiger partial charge in [-0.3, -0.25) is 0 Å². The lowest BCUT2D eigenvalue weighted by molar-refractivity contribution is 0.809. The molecule has 0 aliphatic heterocycles. The first-order chi connectivity index (χ1) is 9.65. The molecule has 0 bridgehead atoms. The molecule has 0 aliphatic rings. The number of aryl methyl sites for hydroxylation is 2. The monoisotopic (exact) mass is 270 g/mol. The summed E-state index contributed by atoms with van der Waals surface area (Å²) in [5.74, 6) is 0.727. The SMILES string of the molecule is Cc1cc(C)nc(NCCCN(C)c2ccccc2)n1. The maximum Gasteiger partial charge on any atom is 0.223 e. The third-order valence-electron chi connectivity index (χ3n) is 3.13. The van der Waals surface area contributed by atoms with Gasteiger partial charge in [-0.2, -0.15) is 0 Å². The number of para-hydroxylation sites is 1. The minimum atomic E-state index is 0.727. The molecule has 106 valence electrons. The molecule has 0 fully saturated rings. The van der Waals surface area contributed by atoms with Crippen LogP contribution >= 0.6 is 0 Å². The van der Waals surface area contributed by atoms with Crippen molar-refractivity contribution in [3.63, 3.8) is 0 Å². The van der Waals surface area contributed by atoms with Crippen molar-refractivity contribution in [3.05, 3.63) is 47.8 Å². The fourth-order valence-corrected chi connectivity index (χ4v) is 2.13. The molecule has 0 aliphatic carbocycles. The average molecular weight is 270 g/mol. The van der Waals surface area contributed by atoms with Gasteiger partial charge in [0.05, 0.1) is 0 Å². The Balaban J connectivity index is 1.76. The summed E-state index contributed by atoms with van der Waals surface area (Å²) in [6.45, 7) is 5.86. The second-order valence-electron chi connectivity index (χ2n) is 5.01. The second kappa shape index (κ2) is 6.89. The molecule has 2 aromatic rings. The second-order valence-corrected chi connectivity index (χ2v) is 5.01. The molecule has 1 N–H and O–H groups in total. The van der Waals surface area contributed by atoms with Crippen molar-refractivity contribution in [1.82, 2.24) is 9.97 Å². The van der Waals surface area contributed by atoms with Crippen LogP contribution in [0.1, 0.15) is 17.8 Å². The van der Waals surface area contributed by atoms with E-state index in [1.165, 1.54) is 5.69 Å². The van der Waals surface area contributed by atoms with Crippen LogP contribution in [0, 0.1) is 13.8 Å². The molecule has 0 radical (unpaired) electrons. The van der Waals surface area contributed by atoms with E-state index in [0.29, 0.717) is 0 Å². The number of rotatable bonds is 6. The van der Waals surface area contributed by atoms with Crippen LogP contribution in [0.15, 0.2) is 36.4 Å².